The molecular weight excluding hydrogens is 362 g/mol. The highest BCUT2D eigenvalue weighted by atomic mass is 16.3. The molecular formula is C19H29N5O4. The Hall–Kier alpha value is -2.97. The molecule has 0 spiro atoms. The van der Waals surface area contributed by atoms with E-state index < -0.39 is 29.9 Å². The molecule has 154 valence electrons. The molecule has 1 aromatic rings. The van der Waals surface area contributed by atoms with Gasteiger partial charge in [0.2, 0.25) is 11.8 Å². The minimum Gasteiger partial charge on any atom is -0.505 e. The van der Waals surface area contributed by atoms with E-state index in [1.165, 1.54) is 25.3 Å². The minimum atomic E-state index is -0.812. The standard InChI is InChI=1S/C19H29N5O4/c1-6-14(26)23-15(10(2)3)18(27)22-12(5)16(11(4)20)24-19(28)17-13(25)8-7-9-21-17/h7-10,12,15-16,20,25H,6H2,1-5H3,(H,22,27)(H,23,26)(H,24,28). The Balaban J connectivity index is 2.89. The number of amides is 3. The maximum Gasteiger partial charge on any atom is 0.274 e. The van der Waals surface area contributed by atoms with Gasteiger partial charge in [0.05, 0.1) is 12.1 Å². The van der Waals surface area contributed by atoms with Gasteiger partial charge in [-0.3, -0.25) is 14.4 Å². The number of hydrogen-bond acceptors (Lipinski definition) is 6. The Morgan fingerprint density at radius 2 is 1.79 bits per heavy atom. The van der Waals surface area contributed by atoms with Crippen LogP contribution in [0.25, 0.3) is 0 Å². The lowest BCUT2D eigenvalue weighted by molar-refractivity contribution is -0.130. The van der Waals surface area contributed by atoms with Gasteiger partial charge in [-0.05, 0) is 31.9 Å². The van der Waals surface area contributed by atoms with Gasteiger partial charge in [-0.1, -0.05) is 20.8 Å². The molecule has 9 nitrogen and oxygen atoms in total. The maximum absolute atomic E-state index is 12.6. The number of nitrogens with zero attached hydrogens (tertiary/aromatic N) is 1. The Bertz CT molecular complexity index is 735. The van der Waals surface area contributed by atoms with Crippen molar-refractivity contribution in [2.24, 2.45) is 5.92 Å². The van der Waals surface area contributed by atoms with Crippen molar-refractivity contribution in [3.63, 3.8) is 0 Å². The highest BCUT2D eigenvalue weighted by Gasteiger charge is 2.29. The van der Waals surface area contributed by atoms with Crippen molar-refractivity contribution in [3.8, 4) is 5.75 Å². The highest BCUT2D eigenvalue weighted by molar-refractivity contribution is 5.99. The van der Waals surface area contributed by atoms with Gasteiger partial charge in [-0.2, -0.15) is 0 Å². The number of aromatic hydroxyl groups is 1. The van der Waals surface area contributed by atoms with Crippen LogP contribution in [0.1, 0.15) is 51.5 Å². The lowest BCUT2D eigenvalue weighted by Crippen LogP contribution is -2.58. The molecule has 3 atom stereocenters. The molecule has 1 rings (SSSR count). The quantitative estimate of drug-likeness (QED) is 0.399. The molecule has 0 saturated heterocycles. The van der Waals surface area contributed by atoms with Gasteiger partial charge in [0.1, 0.15) is 11.8 Å². The molecule has 1 aromatic heterocycles. The van der Waals surface area contributed by atoms with Crippen LogP contribution in [0, 0.1) is 11.3 Å². The van der Waals surface area contributed by atoms with Crippen LogP contribution in [-0.4, -0.2) is 51.6 Å². The molecule has 0 bridgehead atoms. The largest absolute Gasteiger partial charge is 0.505 e. The molecule has 9 heteroatoms. The van der Waals surface area contributed by atoms with E-state index in [1.807, 2.05) is 13.8 Å². The summed E-state index contributed by atoms with van der Waals surface area (Å²) >= 11 is 0. The van der Waals surface area contributed by atoms with Gasteiger partial charge in [-0.15, -0.1) is 0 Å². The van der Waals surface area contributed by atoms with Crippen molar-refractivity contribution in [2.75, 3.05) is 0 Å². The van der Waals surface area contributed by atoms with Crippen molar-refractivity contribution in [2.45, 2.75) is 59.2 Å². The van der Waals surface area contributed by atoms with Gasteiger partial charge in [0.15, 0.2) is 5.69 Å². The number of nitrogens with one attached hydrogen (secondary N) is 4. The van der Waals surface area contributed by atoms with Crippen LogP contribution >= 0.6 is 0 Å². The molecule has 28 heavy (non-hydrogen) atoms. The third kappa shape index (κ3) is 6.33. The summed E-state index contributed by atoms with van der Waals surface area (Å²) in [5.74, 6) is -1.70. The van der Waals surface area contributed by atoms with Crippen LogP contribution in [0.3, 0.4) is 0 Å². The Kier molecular flexibility index (Phi) is 8.56. The zero-order chi connectivity index (χ0) is 21.4. The van der Waals surface area contributed by atoms with Gasteiger partial charge >= 0.3 is 0 Å². The van der Waals surface area contributed by atoms with E-state index in [0.717, 1.165) is 0 Å². The average Bonchev–Trinajstić information content (AvgIpc) is 2.63. The van der Waals surface area contributed by atoms with Crippen molar-refractivity contribution >= 4 is 23.4 Å². The summed E-state index contributed by atoms with van der Waals surface area (Å²) in [4.78, 5) is 40.5. The monoisotopic (exact) mass is 391 g/mol. The fourth-order valence-corrected chi connectivity index (χ4v) is 2.60. The molecule has 1 heterocycles. The fourth-order valence-electron chi connectivity index (χ4n) is 2.60. The van der Waals surface area contributed by atoms with E-state index in [0.29, 0.717) is 0 Å². The van der Waals surface area contributed by atoms with Crippen LogP contribution in [0.2, 0.25) is 0 Å². The molecule has 0 aliphatic heterocycles. The molecule has 3 amide bonds. The first kappa shape index (κ1) is 23.1. The Labute approximate surface area is 164 Å². The lowest BCUT2D eigenvalue weighted by Gasteiger charge is -2.28. The summed E-state index contributed by atoms with van der Waals surface area (Å²) in [6.07, 6.45) is 1.63. The molecule has 0 aliphatic carbocycles. The van der Waals surface area contributed by atoms with E-state index in [9.17, 15) is 19.5 Å². The Morgan fingerprint density at radius 3 is 2.29 bits per heavy atom. The SMILES string of the molecule is CCC(=O)NC(C(=O)NC(C)C(NC(=O)c1ncccc1O)C(C)=N)C(C)C. The fraction of sp³-hybridized carbons (Fsp3) is 0.526. The van der Waals surface area contributed by atoms with Gasteiger partial charge < -0.3 is 26.5 Å². The third-order valence-corrected chi connectivity index (χ3v) is 4.21. The normalized spacial score (nSPS) is 13.9. The molecule has 0 saturated carbocycles. The highest BCUT2D eigenvalue weighted by Crippen LogP contribution is 2.13. The second-order valence-electron chi connectivity index (χ2n) is 6.95. The molecule has 0 aromatic carbocycles. The summed E-state index contributed by atoms with van der Waals surface area (Å²) in [5, 5.41) is 25.8. The van der Waals surface area contributed by atoms with E-state index in [-0.39, 0.29) is 35.4 Å². The van der Waals surface area contributed by atoms with Crippen molar-refractivity contribution in [1.29, 1.82) is 5.41 Å². The van der Waals surface area contributed by atoms with Crippen LogP contribution in [-0.2, 0) is 9.59 Å². The number of rotatable bonds is 9. The summed E-state index contributed by atoms with van der Waals surface area (Å²) < 4.78 is 0. The topological polar surface area (TPSA) is 144 Å². The van der Waals surface area contributed by atoms with E-state index in [1.54, 1.807) is 13.8 Å². The number of pyridine rings is 1. The van der Waals surface area contributed by atoms with E-state index >= 15 is 0 Å². The van der Waals surface area contributed by atoms with Gasteiger partial charge in [0.25, 0.3) is 5.91 Å². The van der Waals surface area contributed by atoms with Crippen LogP contribution in [0.5, 0.6) is 5.75 Å². The minimum absolute atomic E-state index is 0.121. The maximum atomic E-state index is 12.6. The average molecular weight is 391 g/mol. The lowest BCUT2D eigenvalue weighted by atomic mass is 10.0. The summed E-state index contributed by atoms with van der Waals surface area (Å²) in [5.41, 5.74) is -0.0437. The van der Waals surface area contributed by atoms with E-state index in [2.05, 4.69) is 20.9 Å². The van der Waals surface area contributed by atoms with Crippen molar-refractivity contribution in [3.05, 3.63) is 24.0 Å². The zero-order valence-electron chi connectivity index (χ0n) is 16.9. The predicted octanol–water partition coefficient (Wildman–Crippen LogP) is 0.981. The number of carbonyl (C=O) groups excluding carboxylic acids is 3. The van der Waals surface area contributed by atoms with Gasteiger partial charge in [-0.25, -0.2) is 4.98 Å². The van der Waals surface area contributed by atoms with Crippen LogP contribution in [0.4, 0.5) is 0 Å². The zero-order valence-corrected chi connectivity index (χ0v) is 16.9. The second-order valence-corrected chi connectivity index (χ2v) is 6.95. The first-order valence-corrected chi connectivity index (χ1v) is 9.18. The first-order valence-electron chi connectivity index (χ1n) is 9.18. The number of carbonyl (C=O) groups is 3. The summed E-state index contributed by atoms with van der Waals surface area (Å²) in [6, 6.07) is 0.665. The van der Waals surface area contributed by atoms with E-state index in [4.69, 9.17) is 5.41 Å². The third-order valence-electron chi connectivity index (χ3n) is 4.21. The summed E-state index contributed by atoms with van der Waals surface area (Å²) in [6.45, 7) is 8.48. The predicted molar refractivity (Wildman–Crippen MR) is 105 cm³/mol. The number of hydrogen-bond donors (Lipinski definition) is 5. The van der Waals surface area contributed by atoms with Crippen molar-refractivity contribution in [1.82, 2.24) is 20.9 Å². The molecule has 3 unspecified atom stereocenters. The molecule has 5 N–H and O–H groups in total. The van der Waals surface area contributed by atoms with Gasteiger partial charge in [0, 0.05) is 18.3 Å². The first-order chi connectivity index (χ1) is 13.1. The number of aromatic nitrogens is 1. The molecule has 0 fully saturated rings. The summed E-state index contributed by atoms with van der Waals surface area (Å²) in [7, 11) is 0. The molecule has 0 radical (unpaired) electrons. The van der Waals surface area contributed by atoms with Crippen molar-refractivity contribution < 1.29 is 19.5 Å². The molecule has 0 aliphatic rings. The Morgan fingerprint density at radius 1 is 1.14 bits per heavy atom. The smallest absolute Gasteiger partial charge is 0.274 e. The van der Waals surface area contributed by atoms with Crippen LogP contribution < -0.4 is 16.0 Å². The second kappa shape index (κ2) is 10.4. The van der Waals surface area contributed by atoms with Crippen LogP contribution in [0.15, 0.2) is 18.3 Å².